The van der Waals surface area contributed by atoms with Crippen LogP contribution < -0.4 is 10.8 Å². The summed E-state index contributed by atoms with van der Waals surface area (Å²) in [6, 6.07) is 6.28. The maximum Gasteiger partial charge on any atom is 0.492 e. The molecule has 0 saturated heterocycles. The molecule has 0 aromatic heterocycles. The number of nitrogens with one attached hydrogen (secondary N) is 1. The molecule has 2 rings (SSSR count). The van der Waals surface area contributed by atoms with Gasteiger partial charge >= 0.3 is 7.12 Å². The molecule has 3 nitrogen and oxygen atoms in total. The number of benzene rings is 1. The van der Waals surface area contributed by atoms with Crippen molar-refractivity contribution in [2.75, 3.05) is 13.1 Å². The third-order valence-corrected chi connectivity index (χ3v) is 3.26. The van der Waals surface area contributed by atoms with E-state index in [1.807, 2.05) is 13.8 Å². The average molecular weight is 263 g/mol. The predicted octanol–water partition coefficient (Wildman–Crippen LogP) is 2.20. The molecule has 0 amide bonds. The third kappa shape index (κ3) is 3.82. The summed E-state index contributed by atoms with van der Waals surface area (Å²) in [4.78, 5) is 0. The van der Waals surface area contributed by atoms with Crippen LogP contribution in [0.2, 0.25) is 0 Å². The van der Waals surface area contributed by atoms with Crippen LogP contribution in [0.5, 0.6) is 0 Å². The van der Waals surface area contributed by atoms with Crippen LogP contribution in [0.1, 0.15) is 57.8 Å². The zero-order chi connectivity index (χ0) is 14.4. The van der Waals surface area contributed by atoms with E-state index in [9.17, 15) is 5.02 Å². The maximum absolute atomic E-state index is 9.91. The molecule has 4 heteroatoms. The van der Waals surface area contributed by atoms with Crippen molar-refractivity contribution in [3.05, 3.63) is 29.3 Å². The fourth-order valence-corrected chi connectivity index (χ4v) is 2.20. The standard InChI is InChI=1S/C13H20BNO2.C2H6/c1-4-15-8-13-11-6-5-10(9(2)3)7-12(11)14(16)17-13;1-2/h5-7,9,13,15-16H,4,8H2,1-3H3;1-2H3. The van der Waals surface area contributed by atoms with E-state index in [0.717, 1.165) is 24.1 Å². The molecule has 106 valence electrons. The molecule has 0 saturated carbocycles. The number of hydrogen-bond acceptors (Lipinski definition) is 3. The Bertz CT molecular complexity index is 396. The van der Waals surface area contributed by atoms with Crippen molar-refractivity contribution in [1.82, 2.24) is 5.32 Å². The Kier molecular flexibility index (Phi) is 6.56. The van der Waals surface area contributed by atoms with Gasteiger partial charge in [0.2, 0.25) is 0 Å². The highest BCUT2D eigenvalue weighted by Crippen LogP contribution is 2.25. The second kappa shape index (κ2) is 7.68. The van der Waals surface area contributed by atoms with Crippen LogP contribution in [-0.2, 0) is 4.65 Å². The van der Waals surface area contributed by atoms with E-state index in [1.165, 1.54) is 5.56 Å². The highest BCUT2D eigenvalue weighted by molar-refractivity contribution is 6.61. The Balaban J connectivity index is 0.000000861. The van der Waals surface area contributed by atoms with E-state index >= 15 is 0 Å². The van der Waals surface area contributed by atoms with Gasteiger partial charge in [-0.15, -0.1) is 0 Å². The van der Waals surface area contributed by atoms with Crippen molar-refractivity contribution >= 4 is 12.6 Å². The van der Waals surface area contributed by atoms with Gasteiger partial charge in [-0.1, -0.05) is 52.8 Å². The minimum atomic E-state index is -0.771. The molecule has 1 aromatic rings. The molecule has 0 spiro atoms. The summed E-state index contributed by atoms with van der Waals surface area (Å²) in [5.41, 5.74) is 3.29. The quantitative estimate of drug-likeness (QED) is 0.818. The number of fused-ring (bicyclic) bond motifs is 1. The molecule has 1 aliphatic rings. The first-order valence-corrected chi connectivity index (χ1v) is 7.31. The van der Waals surface area contributed by atoms with Gasteiger partial charge in [0.05, 0.1) is 6.10 Å². The molecule has 1 unspecified atom stereocenters. The summed E-state index contributed by atoms with van der Waals surface area (Å²) in [7, 11) is -0.771. The van der Waals surface area contributed by atoms with Gasteiger partial charge in [0.15, 0.2) is 0 Å². The van der Waals surface area contributed by atoms with Crippen LogP contribution in [0.3, 0.4) is 0 Å². The van der Waals surface area contributed by atoms with E-state index in [2.05, 4.69) is 44.3 Å². The Morgan fingerprint density at radius 2 is 2.05 bits per heavy atom. The lowest BCUT2D eigenvalue weighted by molar-refractivity contribution is 0.188. The van der Waals surface area contributed by atoms with Gasteiger partial charge in [0.1, 0.15) is 0 Å². The van der Waals surface area contributed by atoms with Gasteiger partial charge in [0, 0.05) is 6.54 Å². The molecule has 1 aromatic carbocycles. The first-order valence-electron chi connectivity index (χ1n) is 7.31. The highest BCUT2D eigenvalue weighted by Gasteiger charge is 2.34. The zero-order valence-electron chi connectivity index (χ0n) is 12.7. The van der Waals surface area contributed by atoms with Crippen molar-refractivity contribution in [1.29, 1.82) is 0 Å². The lowest BCUT2D eigenvalue weighted by Crippen LogP contribution is -2.28. The van der Waals surface area contributed by atoms with Crippen LogP contribution in [0, 0.1) is 0 Å². The van der Waals surface area contributed by atoms with E-state index in [4.69, 9.17) is 4.65 Å². The van der Waals surface area contributed by atoms with Gasteiger partial charge in [-0.05, 0) is 29.1 Å². The van der Waals surface area contributed by atoms with Crippen molar-refractivity contribution < 1.29 is 9.68 Å². The summed E-state index contributed by atoms with van der Waals surface area (Å²) in [6.07, 6.45) is -0.0267. The molecular formula is C15H26BNO2. The van der Waals surface area contributed by atoms with Gasteiger partial charge in [-0.3, -0.25) is 0 Å². The van der Waals surface area contributed by atoms with Crippen LogP contribution in [0.25, 0.3) is 0 Å². The molecular weight excluding hydrogens is 237 g/mol. The summed E-state index contributed by atoms with van der Waals surface area (Å²) >= 11 is 0. The molecule has 1 atom stereocenters. The lowest BCUT2D eigenvalue weighted by Gasteiger charge is -2.13. The van der Waals surface area contributed by atoms with Crippen LogP contribution >= 0.6 is 0 Å². The average Bonchev–Trinajstić information content (AvgIpc) is 2.75. The Labute approximate surface area is 117 Å². The minimum Gasteiger partial charge on any atom is -0.423 e. The largest absolute Gasteiger partial charge is 0.492 e. The first-order chi connectivity index (χ1) is 9.13. The summed E-state index contributed by atoms with van der Waals surface area (Å²) in [5.74, 6) is 0.473. The second-order valence-electron chi connectivity index (χ2n) is 4.83. The molecule has 1 heterocycles. The van der Waals surface area contributed by atoms with Crippen LogP contribution in [-0.4, -0.2) is 25.2 Å². The summed E-state index contributed by atoms with van der Waals surface area (Å²) in [5, 5.41) is 13.2. The lowest BCUT2D eigenvalue weighted by atomic mass is 9.77. The zero-order valence-corrected chi connectivity index (χ0v) is 12.7. The van der Waals surface area contributed by atoms with Crippen molar-refractivity contribution in [3.8, 4) is 0 Å². The minimum absolute atomic E-state index is 0.0267. The van der Waals surface area contributed by atoms with E-state index in [1.54, 1.807) is 0 Å². The Morgan fingerprint density at radius 1 is 1.37 bits per heavy atom. The summed E-state index contributed by atoms with van der Waals surface area (Å²) in [6.45, 7) is 12.0. The van der Waals surface area contributed by atoms with E-state index < -0.39 is 7.12 Å². The van der Waals surface area contributed by atoms with Gasteiger partial charge in [-0.2, -0.15) is 0 Å². The fourth-order valence-electron chi connectivity index (χ4n) is 2.20. The van der Waals surface area contributed by atoms with E-state index in [0.29, 0.717) is 5.92 Å². The normalized spacial score (nSPS) is 17.2. The second-order valence-corrected chi connectivity index (χ2v) is 4.83. The highest BCUT2D eigenvalue weighted by atomic mass is 16.5. The molecule has 19 heavy (non-hydrogen) atoms. The topological polar surface area (TPSA) is 41.5 Å². The summed E-state index contributed by atoms with van der Waals surface area (Å²) < 4.78 is 5.56. The number of hydrogen-bond donors (Lipinski definition) is 2. The molecule has 2 N–H and O–H groups in total. The van der Waals surface area contributed by atoms with Crippen molar-refractivity contribution in [2.45, 2.75) is 46.6 Å². The van der Waals surface area contributed by atoms with Crippen LogP contribution in [0.4, 0.5) is 0 Å². The van der Waals surface area contributed by atoms with Crippen molar-refractivity contribution in [2.24, 2.45) is 0 Å². The molecule has 0 bridgehead atoms. The SMILES string of the molecule is CC.CCNCC1OB(O)c2cc(C(C)C)ccc21. The monoisotopic (exact) mass is 263 g/mol. The first kappa shape index (κ1) is 16.2. The van der Waals surface area contributed by atoms with Gasteiger partial charge in [-0.25, -0.2) is 0 Å². The van der Waals surface area contributed by atoms with Gasteiger partial charge in [0.25, 0.3) is 0 Å². The number of rotatable bonds is 4. The Morgan fingerprint density at radius 3 is 2.63 bits per heavy atom. The third-order valence-electron chi connectivity index (χ3n) is 3.26. The van der Waals surface area contributed by atoms with Crippen molar-refractivity contribution in [3.63, 3.8) is 0 Å². The number of likely N-dealkylation sites (N-methyl/N-ethyl adjacent to an activating group) is 1. The fraction of sp³-hybridized carbons (Fsp3) is 0.600. The molecule has 0 fully saturated rings. The molecule has 0 aliphatic carbocycles. The Hall–Kier alpha value is -0.835. The van der Waals surface area contributed by atoms with Gasteiger partial charge < -0.3 is 15.0 Å². The predicted molar refractivity (Wildman–Crippen MR) is 81.9 cm³/mol. The van der Waals surface area contributed by atoms with E-state index in [-0.39, 0.29) is 6.10 Å². The smallest absolute Gasteiger partial charge is 0.423 e. The molecule has 1 aliphatic heterocycles. The maximum atomic E-state index is 9.91. The molecule has 0 radical (unpaired) electrons. The van der Waals surface area contributed by atoms with Crippen LogP contribution in [0.15, 0.2) is 18.2 Å².